The highest BCUT2D eigenvalue weighted by atomic mass is 32.1. The van der Waals surface area contributed by atoms with E-state index in [9.17, 15) is 31.9 Å². The number of carbonyl (C=O) groups is 2. The number of H-pyrrole nitrogens is 1. The van der Waals surface area contributed by atoms with Crippen LogP contribution in [0.3, 0.4) is 0 Å². The molecule has 14 heteroatoms. The van der Waals surface area contributed by atoms with Crippen LogP contribution in [0.25, 0.3) is 10.6 Å². The van der Waals surface area contributed by atoms with Crippen LogP contribution in [0.4, 0.5) is 28.9 Å². The number of aromatic nitrogens is 2. The van der Waals surface area contributed by atoms with Crippen LogP contribution in [0.5, 0.6) is 0 Å². The predicted octanol–water partition coefficient (Wildman–Crippen LogP) is 6.42. The number of anilines is 2. The topological polar surface area (TPSA) is 102 Å². The van der Waals surface area contributed by atoms with Crippen molar-refractivity contribution in [1.29, 1.82) is 0 Å². The summed E-state index contributed by atoms with van der Waals surface area (Å²) in [6, 6.07) is 5.39. The lowest BCUT2D eigenvalue weighted by Gasteiger charge is -2.44. The number of aldehydes is 2. The summed E-state index contributed by atoms with van der Waals surface area (Å²) >= 11 is 1.19. The lowest BCUT2D eigenvalue weighted by Crippen LogP contribution is -2.55. The molecule has 2 N–H and O–H groups in total. The Kier molecular flexibility index (Phi) is 13.7. The molecular formula is C33H44F4N6O3S. The maximum Gasteiger partial charge on any atom is 0.417 e. The van der Waals surface area contributed by atoms with Gasteiger partial charge in [0.05, 0.1) is 21.8 Å². The number of nitrogens with one attached hydrogen (secondary N) is 2. The molecule has 1 saturated carbocycles. The average molecular weight is 681 g/mol. The summed E-state index contributed by atoms with van der Waals surface area (Å²) in [4.78, 5) is 45.1. The first-order chi connectivity index (χ1) is 22.2. The van der Waals surface area contributed by atoms with Gasteiger partial charge < -0.3 is 20.1 Å². The van der Waals surface area contributed by atoms with Gasteiger partial charge in [-0.25, -0.2) is 9.37 Å². The number of rotatable bonds is 6. The molecule has 2 aromatic heterocycles. The number of benzene rings is 1. The molecule has 1 saturated heterocycles. The maximum atomic E-state index is 14.8. The summed E-state index contributed by atoms with van der Waals surface area (Å²) in [6.07, 6.45) is 5.51. The van der Waals surface area contributed by atoms with Crippen molar-refractivity contribution in [2.45, 2.75) is 70.3 Å². The molecular weight excluding hydrogens is 636 g/mol. The van der Waals surface area contributed by atoms with Crippen LogP contribution in [0.2, 0.25) is 0 Å². The zero-order valence-corrected chi connectivity index (χ0v) is 28.5. The van der Waals surface area contributed by atoms with Crippen molar-refractivity contribution in [3.63, 3.8) is 0 Å². The van der Waals surface area contributed by atoms with Crippen molar-refractivity contribution in [1.82, 2.24) is 19.8 Å². The van der Waals surface area contributed by atoms with Gasteiger partial charge in [-0.15, -0.1) is 11.3 Å². The molecule has 0 radical (unpaired) electrons. The van der Waals surface area contributed by atoms with Crippen molar-refractivity contribution in [3.8, 4) is 10.6 Å². The normalized spacial score (nSPS) is 18.9. The third-order valence-electron chi connectivity index (χ3n) is 8.62. The zero-order valence-electron chi connectivity index (χ0n) is 27.7. The van der Waals surface area contributed by atoms with E-state index in [1.54, 1.807) is 12.1 Å². The number of hydrogen-bond acceptors (Lipinski definition) is 9. The molecule has 2 aliphatic rings. The predicted molar refractivity (Wildman–Crippen MR) is 179 cm³/mol. The molecule has 5 rings (SSSR count). The van der Waals surface area contributed by atoms with Gasteiger partial charge in [-0.3, -0.25) is 19.3 Å². The van der Waals surface area contributed by atoms with Crippen molar-refractivity contribution in [3.05, 3.63) is 62.8 Å². The number of nitrogens with zero attached hydrogens (tertiary/aromatic N) is 4. The molecule has 2 atom stereocenters. The maximum absolute atomic E-state index is 14.8. The van der Waals surface area contributed by atoms with Gasteiger partial charge in [0.15, 0.2) is 12.6 Å². The number of carbonyl (C=O) groups excluding carboxylic acids is 2. The van der Waals surface area contributed by atoms with Crippen LogP contribution in [-0.4, -0.2) is 91.7 Å². The van der Waals surface area contributed by atoms with E-state index in [0.717, 1.165) is 43.0 Å². The molecule has 258 valence electrons. The number of aromatic amines is 1. The van der Waals surface area contributed by atoms with Gasteiger partial charge in [0.25, 0.3) is 0 Å². The number of thiazole rings is 1. The molecule has 2 fully saturated rings. The Labute approximate surface area is 277 Å². The first-order valence-electron chi connectivity index (χ1n) is 15.5. The Balaban J connectivity index is 0.000000226. The number of pyridine rings is 1. The second-order valence-corrected chi connectivity index (χ2v) is 13.2. The van der Waals surface area contributed by atoms with E-state index in [4.69, 9.17) is 0 Å². The van der Waals surface area contributed by atoms with Gasteiger partial charge >= 0.3 is 6.18 Å². The summed E-state index contributed by atoms with van der Waals surface area (Å²) in [5.74, 6) is -0.319. The minimum absolute atomic E-state index is 0.0404. The molecule has 0 spiro atoms. The molecule has 1 aliphatic heterocycles. The number of halogens is 4. The molecule has 9 nitrogen and oxygen atoms in total. The van der Waals surface area contributed by atoms with E-state index >= 15 is 0 Å². The first-order valence-corrected chi connectivity index (χ1v) is 16.3. The monoisotopic (exact) mass is 680 g/mol. The van der Waals surface area contributed by atoms with Crippen LogP contribution in [0, 0.1) is 5.82 Å². The zero-order chi connectivity index (χ0) is 34.9. The van der Waals surface area contributed by atoms with Crippen molar-refractivity contribution in [2.75, 3.05) is 51.5 Å². The third kappa shape index (κ3) is 10.2. The van der Waals surface area contributed by atoms with Gasteiger partial charge in [0.1, 0.15) is 10.8 Å². The van der Waals surface area contributed by atoms with Crippen molar-refractivity contribution in [2.24, 2.45) is 0 Å². The van der Waals surface area contributed by atoms with Gasteiger partial charge in [-0.1, -0.05) is 19.3 Å². The molecule has 1 aliphatic carbocycles. The second-order valence-electron chi connectivity index (χ2n) is 12.1. The number of likely N-dealkylation sites (N-methyl/N-ethyl adjacent to an activating group) is 1. The first kappa shape index (κ1) is 37.8. The SMILES string of the molecule is CN(C)C1CCCCC1.CNc1cc(-c2ncc(C=O)s2)c(F)cc1N1CC(C)N(C)C(C)C1.O=Cc1c[nH]c(=O)cc1C(F)(F)F. The summed E-state index contributed by atoms with van der Waals surface area (Å²) in [5, 5.41) is 3.69. The summed E-state index contributed by atoms with van der Waals surface area (Å²) in [7, 11) is 8.34. The van der Waals surface area contributed by atoms with E-state index < -0.39 is 22.9 Å². The molecule has 1 aromatic carbocycles. The molecule has 2 unspecified atom stereocenters. The fourth-order valence-electron chi connectivity index (χ4n) is 5.68. The highest BCUT2D eigenvalue weighted by molar-refractivity contribution is 7.16. The summed E-state index contributed by atoms with van der Waals surface area (Å²) in [5.41, 5.74) is -0.538. The van der Waals surface area contributed by atoms with Crippen LogP contribution in [-0.2, 0) is 6.18 Å². The Morgan fingerprint density at radius 2 is 1.68 bits per heavy atom. The standard InChI is InChI=1S/C18H23FN4OS.C8H17N.C7H4F3NO2/c1-11-8-23(9-12(2)22(11)4)17-6-15(19)14(5-16(17)20-3)18-21-7-13(10-24)25-18;1-9(2)8-6-4-3-5-7-8;8-7(9,10)5-1-6(13)11-2-4(5)3-12/h5-7,10-12,20H,8-9H2,1-4H3;8H,3-7H2,1-2H3;1-3H,(H,11,13). The quantitative estimate of drug-likeness (QED) is 0.227. The molecule has 3 aromatic rings. The lowest BCUT2D eigenvalue weighted by molar-refractivity contribution is -0.138. The van der Waals surface area contributed by atoms with Crippen LogP contribution in [0.15, 0.2) is 35.4 Å². The summed E-state index contributed by atoms with van der Waals surface area (Å²) in [6.45, 7) is 6.06. The molecule has 0 bridgehead atoms. The van der Waals surface area contributed by atoms with Crippen LogP contribution < -0.4 is 15.8 Å². The number of hydrogen-bond donors (Lipinski definition) is 2. The van der Waals surface area contributed by atoms with E-state index in [0.29, 0.717) is 33.6 Å². The number of alkyl halides is 3. The van der Waals surface area contributed by atoms with Crippen molar-refractivity contribution >= 4 is 35.3 Å². The van der Waals surface area contributed by atoms with Gasteiger partial charge in [-0.05, 0) is 53.9 Å². The van der Waals surface area contributed by atoms with Gasteiger partial charge in [0.2, 0.25) is 5.56 Å². The van der Waals surface area contributed by atoms with E-state index in [2.05, 4.69) is 60.0 Å². The van der Waals surface area contributed by atoms with Gasteiger partial charge in [0, 0.05) is 73.9 Å². The van der Waals surface area contributed by atoms with E-state index in [-0.39, 0.29) is 12.1 Å². The Bertz CT molecular complexity index is 1530. The Hall–Kier alpha value is -3.62. The van der Waals surface area contributed by atoms with Crippen LogP contribution in [0.1, 0.15) is 71.5 Å². The molecule has 47 heavy (non-hydrogen) atoms. The fourth-order valence-corrected chi connectivity index (χ4v) is 6.43. The highest BCUT2D eigenvalue weighted by Gasteiger charge is 2.33. The van der Waals surface area contributed by atoms with E-state index in [1.165, 1.54) is 49.6 Å². The summed E-state index contributed by atoms with van der Waals surface area (Å²) < 4.78 is 51.1. The minimum atomic E-state index is -4.68. The molecule has 0 amide bonds. The second kappa shape index (κ2) is 17.0. The Morgan fingerprint density at radius 3 is 2.17 bits per heavy atom. The third-order valence-corrected chi connectivity index (χ3v) is 9.57. The van der Waals surface area contributed by atoms with E-state index in [1.807, 2.05) is 12.0 Å². The van der Waals surface area contributed by atoms with Crippen LogP contribution >= 0.6 is 11.3 Å². The Morgan fingerprint density at radius 1 is 1.04 bits per heavy atom. The highest BCUT2D eigenvalue weighted by Crippen LogP contribution is 2.37. The molecule has 3 heterocycles. The lowest BCUT2D eigenvalue weighted by atomic mass is 9.95. The smallest absolute Gasteiger partial charge is 0.386 e. The minimum Gasteiger partial charge on any atom is -0.386 e. The largest absolute Gasteiger partial charge is 0.417 e. The van der Waals surface area contributed by atoms with Gasteiger partial charge in [-0.2, -0.15) is 13.2 Å². The fraction of sp³-hybridized carbons (Fsp3) is 0.515. The number of piperazine rings is 1. The average Bonchev–Trinajstić information content (AvgIpc) is 3.53. The van der Waals surface area contributed by atoms with Crippen molar-refractivity contribution < 1.29 is 27.2 Å².